The molecule has 0 aromatic heterocycles. The first-order valence-corrected chi connectivity index (χ1v) is 12.7. The number of methoxy groups -OCH3 is 1. The van der Waals surface area contributed by atoms with Gasteiger partial charge in [-0.2, -0.15) is 0 Å². The van der Waals surface area contributed by atoms with Gasteiger partial charge < -0.3 is 10.1 Å². The van der Waals surface area contributed by atoms with E-state index in [1.165, 1.54) is 37.0 Å². The molecule has 1 saturated carbocycles. The Balaban J connectivity index is 1.28. The summed E-state index contributed by atoms with van der Waals surface area (Å²) in [4.78, 5) is 18.3. The highest BCUT2D eigenvalue weighted by molar-refractivity contribution is 8.14. The van der Waals surface area contributed by atoms with Crippen molar-refractivity contribution in [2.24, 2.45) is 4.99 Å². The van der Waals surface area contributed by atoms with Crippen LogP contribution in [0.5, 0.6) is 5.75 Å². The maximum atomic E-state index is 12.3. The summed E-state index contributed by atoms with van der Waals surface area (Å²) >= 11 is 3.56. The number of ether oxygens (including phenoxy) is 1. The van der Waals surface area contributed by atoms with Crippen LogP contribution in [0.1, 0.15) is 49.3 Å². The first kappa shape index (κ1) is 22.0. The van der Waals surface area contributed by atoms with Gasteiger partial charge in [0.05, 0.1) is 13.2 Å². The van der Waals surface area contributed by atoms with Crippen LogP contribution in [0.4, 0.5) is 0 Å². The number of nitrogens with one attached hydrogen (secondary N) is 1. The molecule has 1 atom stereocenters. The Labute approximate surface area is 192 Å². The molecule has 0 radical (unpaired) electrons. The van der Waals surface area contributed by atoms with Crippen LogP contribution in [0.2, 0.25) is 0 Å². The number of hydrogen-bond donors (Lipinski definition) is 1. The molecule has 4 nitrogen and oxygen atoms in total. The quantitative estimate of drug-likeness (QED) is 0.539. The van der Waals surface area contributed by atoms with Crippen LogP contribution in [-0.4, -0.2) is 29.2 Å². The Bertz CT molecular complexity index is 933. The second-order valence-corrected chi connectivity index (χ2v) is 10.2. The maximum Gasteiger partial charge on any atom is 0.249 e. The van der Waals surface area contributed by atoms with E-state index in [0.717, 1.165) is 27.9 Å². The van der Waals surface area contributed by atoms with Crippen molar-refractivity contribution in [1.29, 1.82) is 0 Å². The number of thioether (sulfide) groups is 2. The van der Waals surface area contributed by atoms with Gasteiger partial charge in [-0.15, -0.1) is 11.8 Å². The van der Waals surface area contributed by atoms with Gasteiger partial charge in [0.15, 0.2) is 5.17 Å². The third-order valence-corrected chi connectivity index (χ3v) is 7.86. The van der Waals surface area contributed by atoms with Crippen molar-refractivity contribution < 1.29 is 9.53 Å². The summed E-state index contributed by atoms with van der Waals surface area (Å²) in [5, 5.41) is 4.33. The molecule has 0 bridgehead atoms. The van der Waals surface area contributed by atoms with Crippen molar-refractivity contribution in [2.75, 3.05) is 12.9 Å². The van der Waals surface area contributed by atoms with Crippen molar-refractivity contribution in [3.63, 3.8) is 0 Å². The summed E-state index contributed by atoms with van der Waals surface area (Å²) in [5.74, 6) is 1.51. The van der Waals surface area contributed by atoms with Crippen LogP contribution in [-0.2, 0) is 4.79 Å². The van der Waals surface area contributed by atoms with Crippen LogP contribution in [0.3, 0.4) is 0 Å². The molecule has 2 aromatic carbocycles. The van der Waals surface area contributed by atoms with E-state index >= 15 is 0 Å². The van der Waals surface area contributed by atoms with Crippen LogP contribution in [0, 0.1) is 0 Å². The lowest BCUT2D eigenvalue weighted by atomic mass is 10.0. The lowest BCUT2D eigenvalue weighted by molar-refractivity contribution is -0.115. The molecular weight excluding hydrogens is 424 g/mol. The molecule has 2 aromatic rings. The predicted octanol–water partition coefficient (Wildman–Crippen LogP) is 6.09. The Morgan fingerprint density at radius 1 is 1.10 bits per heavy atom. The third kappa shape index (κ3) is 6.40. The van der Waals surface area contributed by atoms with E-state index in [2.05, 4.69) is 34.6 Å². The molecule has 1 aliphatic carbocycles. The first-order valence-electron chi connectivity index (χ1n) is 10.8. The highest BCUT2D eigenvalue weighted by Crippen LogP contribution is 2.34. The van der Waals surface area contributed by atoms with Crippen LogP contribution < -0.4 is 10.1 Å². The molecule has 1 heterocycles. The molecule has 1 amide bonds. The van der Waals surface area contributed by atoms with Gasteiger partial charge in [-0.1, -0.05) is 55.3 Å². The van der Waals surface area contributed by atoms with Gasteiger partial charge in [-0.05, 0) is 54.3 Å². The normalized spacial score (nSPS) is 19.4. The van der Waals surface area contributed by atoms with Crippen molar-refractivity contribution in [3.8, 4) is 5.75 Å². The molecule has 162 valence electrons. The highest BCUT2D eigenvalue weighted by Gasteiger charge is 2.21. The monoisotopic (exact) mass is 452 g/mol. The number of carbonyl (C=O) groups is 1. The summed E-state index contributed by atoms with van der Waals surface area (Å²) in [6.45, 7) is 0. The number of carbonyl (C=O) groups excluding carboxylic acids is 1. The minimum atomic E-state index is -0.151. The molecule has 31 heavy (non-hydrogen) atoms. The molecular formula is C25H28N2O2S2. The number of amidine groups is 1. The fourth-order valence-corrected chi connectivity index (χ4v) is 6.00. The van der Waals surface area contributed by atoms with E-state index in [4.69, 9.17) is 4.74 Å². The lowest BCUT2D eigenvalue weighted by Gasteiger charge is -2.20. The van der Waals surface area contributed by atoms with Crippen LogP contribution in [0.15, 0.2) is 64.5 Å². The van der Waals surface area contributed by atoms with Gasteiger partial charge in [0.1, 0.15) is 5.75 Å². The Morgan fingerprint density at radius 2 is 1.84 bits per heavy atom. The number of rotatable bonds is 6. The maximum absolute atomic E-state index is 12.3. The zero-order valence-electron chi connectivity index (χ0n) is 17.8. The summed E-state index contributed by atoms with van der Waals surface area (Å²) in [6, 6.07) is 16.5. The van der Waals surface area contributed by atoms with E-state index in [-0.39, 0.29) is 11.9 Å². The largest absolute Gasteiger partial charge is 0.497 e. The number of aliphatic imine (C=N–C) groups is 1. The van der Waals surface area contributed by atoms with Crippen LogP contribution in [0.25, 0.3) is 6.08 Å². The number of hydrogen-bond acceptors (Lipinski definition) is 5. The van der Waals surface area contributed by atoms with Gasteiger partial charge in [-0.3, -0.25) is 9.79 Å². The van der Waals surface area contributed by atoms with Crippen molar-refractivity contribution in [2.45, 2.75) is 48.3 Å². The van der Waals surface area contributed by atoms with Crippen molar-refractivity contribution in [1.82, 2.24) is 5.32 Å². The summed E-state index contributed by atoms with van der Waals surface area (Å²) < 4.78 is 5.20. The molecule has 0 saturated heterocycles. The first-order chi connectivity index (χ1) is 15.2. The standard InChI is InChI=1S/C25H28N2O2S2/c1-29-20-12-10-19(11-13-20)23-17-30-25(26-23)27-24(28)16-9-18-7-14-22(15-8-18)31-21-5-3-2-4-6-21/h7-16,21,23H,2-6,17H2,1H3,(H,26,27,28)/b16-9+. The molecule has 6 heteroatoms. The van der Waals surface area contributed by atoms with E-state index in [0.29, 0.717) is 5.17 Å². The van der Waals surface area contributed by atoms with Crippen molar-refractivity contribution in [3.05, 3.63) is 65.7 Å². The SMILES string of the molecule is COc1ccc(C2CSC(NC(=O)/C=C/c3ccc(SC4CCCCC4)cc3)=N2)cc1. The van der Waals surface area contributed by atoms with Gasteiger partial charge in [0.2, 0.25) is 5.91 Å². The minimum Gasteiger partial charge on any atom is -0.497 e. The summed E-state index contributed by atoms with van der Waals surface area (Å²) in [5.41, 5.74) is 2.15. The average Bonchev–Trinajstić information content (AvgIpc) is 3.28. The average molecular weight is 453 g/mol. The van der Waals surface area contributed by atoms with Gasteiger partial charge in [0, 0.05) is 22.0 Å². The van der Waals surface area contributed by atoms with E-state index < -0.39 is 0 Å². The molecule has 0 spiro atoms. The number of amides is 1. The Hall–Kier alpha value is -2.18. The Morgan fingerprint density at radius 3 is 2.55 bits per heavy atom. The van der Waals surface area contributed by atoms with Gasteiger partial charge in [0.25, 0.3) is 0 Å². The number of benzene rings is 2. The second kappa shape index (κ2) is 10.9. The topological polar surface area (TPSA) is 50.7 Å². The van der Waals surface area contributed by atoms with E-state index in [1.54, 1.807) is 24.9 Å². The molecule has 1 N–H and O–H groups in total. The van der Waals surface area contributed by atoms with Gasteiger partial charge in [-0.25, -0.2) is 0 Å². The summed E-state index contributed by atoms with van der Waals surface area (Å²) in [6.07, 6.45) is 10.2. The predicted molar refractivity (Wildman–Crippen MR) is 132 cm³/mol. The molecule has 1 unspecified atom stereocenters. The highest BCUT2D eigenvalue weighted by atomic mass is 32.2. The van der Waals surface area contributed by atoms with Crippen LogP contribution >= 0.6 is 23.5 Å². The Kier molecular flexibility index (Phi) is 7.76. The van der Waals surface area contributed by atoms with Gasteiger partial charge >= 0.3 is 0 Å². The lowest BCUT2D eigenvalue weighted by Crippen LogP contribution is -2.25. The molecule has 4 rings (SSSR count). The molecule has 1 fully saturated rings. The van der Waals surface area contributed by atoms with Crippen molar-refractivity contribution >= 4 is 40.7 Å². The fraction of sp³-hybridized carbons (Fsp3) is 0.360. The third-order valence-electron chi connectivity index (χ3n) is 5.54. The molecule has 2 aliphatic rings. The zero-order valence-corrected chi connectivity index (χ0v) is 19.4. The zero-order chi connectivity index (χ0) is 21.5. The number of nitrogens with zero attached hydrogens (tertiary/aromatic N) is 1. The molecule has 1 aliphatic heterocycles. The second-order valence-electron chi connectivity index (χ2n) is 7.80. The minimum absolute atomic E-state index is 0.0596. The smallest absolute Gasteiger partial charge is 0.249 e. The fourth-order valence-electron chi connectivity index (χ4n) is 3.79. The summed E-state index contributed by atoms with van der Waals surface area (Å²) in [7, 11) is 1.66. The van der Waals surface area contributed by atoms with E-state index in [9.17, 15) is 4.79 Å². The van der Waals surface area contributed by atoms with E-state index in [1.807, 2.05) is 42.1 Å².